The monoisotopic (exact) mass is 270 g/mol. The average molecular weight is 270 g/mol. The minimum atomic E-state index is -3.51. The topological polar surface area (TPSA) is 72.2 Å². The summed E-state index contributed by atoms with van der Waals surface area (Å²) in [7, 11) is -3.51. The zero-order valence-electron chi connectivity index (χ0n) is 11.2. The highest BCUT2D eigenvalue weighted by atomic mass is 32.2. The molecule has 0 fully saturated rings. The maximum atomic E-state index is 12.2. The van der Waals surface area contributed by atoms with E-state index in [1.54, 1.807) is 30.3 Å². The van der Waals surface area contributed by atoms with Gasteiger partial charge in [0.05, 0.1) is 4.90 Å². The first-order chi connectivity index (χ1) is 8.29. The van der Waals surface area contributed by atoms with Gasteiger partial charge in [-0.3, -0.25) is 0 Å². The lowest BCUT2D eigenvalue weighted by molar-refractivity contribution is 0.344. The molecule has 0 spiro atoms. The fourth-order valence-electron chi connectivity index (χ4n) is 2.05. The lowest BCUT2D eigenvalue weighted by Gasteiger charge is -2.30. The molecule has 18 heavy (non-hydrogen) atoms. The summed E-state index contributed by atoms with van der Waals surface area (Å²) in [5.41, 5.74) is 5.11. The van der Waals surface area contributed by atoms with Crippen molar-refractivity contribution in [2.45, 2.75) is 37.6 Å². The third kappa shape index (κ3) is 4.08. The average Bonchev–Trinajstić information content (AvgIpc) is 2.28. The van der Waals surface area contributed by atoms with Gasteiger partial charge in [-0.2, -0.15) is 0 Å². The summed E-state index contributed by atoms with van der Waals surface area (Å²) in [5, 5.41) is 0. The van der Waals surface area contributed by atoms with Crippen molar-refractivity contribution in [2.75, 3.05) is 6.54 Å². The van der Waals surface area contributed by atoms with Crippen molar-refractivity contribution in [3.63, 3.8) is 0 Å². The minimum absolute atomic E-state index is 0.272. The molecule has 102 valence electrons. The van der Waals surface area contributed by atoms with Crippen molar-refractivity contribution in [3.8, 4) is 0 Å². The van der Waals surface area contributed by atoms with Gasteiger partial charge in [0.1, 0.15) is 0 Å². The number of hydrogen-bond donors (Lipinski definition) is 2. The molecule has 0 amide bonds. The summed E-state index contributed by atoms with van der Waals surface area (Å²) in [6, 6.07) is 8.35. The molecule has 0 saturated carbocycles. The second-order valence-electron chi connectivity index (χ2n) is 5.28. The maximum absolute atomic E-state index is 12.2. The minimum Gasteiger partial charge on any atom is -0.329 e. The van der Waals surface area contributed by atoms with E-state index in [2.05, 4.69) is 4.72 Å². The van der Waals surface area contributed by atoms with Crippen LogP contribution in [0.2, 0.25) is 0 Å². The largest absolute Gasteiger partial charge is 0.329 e. The fourth-order valence-corrected chi connectivity index (χ4v) is 3.50. The van der Waals surface area contributed by atoms with E-state index in [0.29, 0.717) is 12.3 Å². The molecule has 0 saturated heterocycles. The lowest BCUT2D eigenvalue weighted by Crippen LogP contribution is -2.51. The third-order valence-corrected chi connectivity index (χ3v) is 4.40. The van der Waals surface area contributed by atoms with Crippen LogP contribution in [0.1, 0.15) is 27.2 Å². The van der Waals surface area contributed by atoms with E-state index in [9.17, 15) is 8.42 Å². The predicted molar refractivity (Wildman–Crippen MR) is 73.7 cm³/mol. The second kappa shape index (κ2) is 5.82. The molecule has 3 N–H and O–H groups in total. The molecule has 0 bridgehead atoms. The van der Waals surface area contributed by atoms with E-state index in [-0.39, 0.29) is 11.4 Å². The van der Waals surface area contributed by atoms with Crippen molar-refractivity contribution < 1.29 is 8.42 Å². The van der Waals surface area contributed by atoms with E-state index < -0.39 is 15.6 Å². The standard InChI is InChI=1S/C13H22N2O2S/c1-11(2)9-13(3,10-14)15-18(16,17)12-7-5-4-6-8-12/h4-8,11,15H,9-10,14H2,1-3H3. The van der Waals surface area contributed by atoms with E-state index >= 15 is 0 Å². The molecule has 1 unspecified atom stereocenters. The Morgan fingerprint density at radius 3 is 2.28 bits per heavy atom. The number of rotatable bonds is 6. The van der Waals surface area contributed by atoms with E-state index in [0.717, 1.165) is 0 Å². The second-order valence-corrected chi connectivity index (χ2v) is 6.96. The van der Waals surface area contributed by atoms with Crippen LogP contribution in [0, 0.1) is 5.92 Å². The first-order valence-corrected chi connectivity index (χ1v) is 7.56. The van der Waals surface area contributed by atoms with Crippen LogP contribution in [0.3, 0.4) is 0 Å². The van der Waals surface area contributed by atoms with Gasteiger partial charge in [-0.25, -0.2) is 13.1 Å². The van der Waals surface area contributed by atoms with Gasteiger partial charge in [-0.1, -0.05) is 32.0 Å². The molecular weight excluding hydrogens is 248 g/mol. The highest BCUT2D eigenvalue weighted by Gasteiger charge is 2.29. The fraction of sp³-hybridized carbons (Fsp3) is 0.538. The Hall–Kier alpha value is -0.910. The van der Waals surface area contributed by atoms with Gasteiger partial charge in [-0.15, -0.1) is 0 Å². The smallest absolute Gasteiger partial charge is 0.241 e. The summed E-state index contributed by atoms with van der Waals surface area (Å²) in [6.07, 6.45) is 0.704. The molecule has 0 aliphatic carbocycles. The number of benzene rings is 1. The van der Waals surface area contributed by atoms with Gasteiger partial charge in [0, 0.05) is 12.1 Å². The van der Waals surface area contributed by atoms with Crippen LogP contribution in [0.5, 0.6) is 0 Å². The number of sulfonamides is 1. The molecule has 4 nitrogen and oxygen atoms in total. The molecule has 1 rings (SSSR count). The molecule has 0 heterocycles. The Morgan fingerprint density at radius 1 is 1.28 bits per heavy atom. The molecule has 0 aliphatic rings. The molecule has 1 aromatic rings. The summed E-state index contributed by atoms with van der Waals surface area (Å²) in [5.74, 6) is 0.372. The highest BCUT2D eigenvalue weighted by Crippen LogP contribution is 2.19. The highest BCUT2D eigenvalue weighted by molar-refractivity contribution is 7.89. The van der Waals surface area contributed by atoms with Gasteiger partial charge >= 0.3 is 0 Å². The Bertz CT molecular complexity index is 471. The molecule has 1 aromatic carbocycles. The summed E-state index contributed by atoms with van der Waals surface area (Å²) in [6.45, 7) is 6.21. The third-order valence-electron chi connectivity index (χ3n) is 2.74. The van der Waals surface area contributed by atoms with Crippen molar-refractivity contribution in [1.29, 1.82) is 0 Å². The number of nitrogens with one attached hydrogen (secondary N) is 1. The van der Waals surface area contributed by atoms with E-state index in [1.807, 2.05) is 20.8 Å². The van der Waals surface area contributed by atoms with Crippen LogP contribution in [0.15, 0.2) is 35.2 Å². The van der Waals surface area contributed by atoms with Crippen LogP contribution < -0.4 is 10.5 Å². The predicted octanol–water partition coefficient (Wildman–Crippen LogP) is 1.73. The number of hydrogen-bond acceptors (Lipinski definition) is 3. The van der Waals surface area contributed by atoms with Crippen molar-refractivity contribution in [2.24, 2.45) is 11.7 Å². The van der Waals surface area contributed by atoms with Gasteiger partial charge in [0.2, 0.25) is 10.0 Å². The van der Waals surface area contributed by atoms with Crippen LogP contribution in [0.25, 0.3) is 0 Å². The molecule has 5 heteroatoms. The van der Waals surface area contributed by atoms with Crippen LogP contribution in [-0.4, -0.2) is 20.5 Å². The molecule has 0 aliphatic heterocycles. The first-order valence-electron chi connectivity index (χ1n) is 6.08. The Labute approximate surface area is 110 Å². The van der Waals surface area contributed by atoms with Gasteiger partial charge in [-0.05, 0) is 31.4 Å². The normalized spacial score (nSPS) is 15.6. The van der Waals surface area contributed by atoms with Gasteiger partial charge in [0.15, 0.2) is 0 Å². The molecule has 0 aromatic heterocycles. The Balaban J connectivity index is 2.94. The van der Waals surface area contributed by atoms with Crippen molar-refractivity contribution in [1.82, 2.24) is 4.72 Å². The zero-order chi connectivity index (χ0) is 13.8. The molecular formula is C13H22N2O2S. The lowest BCUT2D eigenvalue weighted by atomic mass is 9.92. The van der Waals surface area contributed by atoms with Gasteiger partial charge < -0.3 is 5.73 Å². The number of nitrogens with two attached hydrogens (primary N) is 1. The molecule has 1 atom stereocenters. The summed E-state index contributed by atoms with van der Waals surface area (Å²) in [4.78, 5) is 0.272. The summed E-state index contributed by atoms with van der Waals surface area (Å²) < 4.78 is 27.2. The van der Waals surface area contributed by atoms with E-state index in [1.165, 1.54) is 0 Å². The van der Waals surface area contributed by atoms with Crippen molar-refractivity contribution >= 4 is 10.0 Å². The zero-order valence-corrected chi connectivity index (χ0v) is 12.0. The first kappa shape index (κ1) is 15.1. The van der Waals surface area contributed by atoms with Crippen molar-refractivity contribution in [3.05, 3.63) is 30.3 Å². The van der Waals surface area contributed by atoms with Gasteiger partial charge in [0.25, 0.3) is 0 Å². The summed E-state index contributed by atoms with van der Waals surface area (Å²) >= 11 is 0. The SMILES string of the molecule is CC(C)CC(C)(CN)NS(=O)(=O)c1ccccc1. The Kier molecular flexibility index (Phi) is 4.90. The Morgan fingerprint density at radius 2 is 1.83 bits per heavy atom. The molecule has 0 radical (unpaired) electrons. The van der Waals surface area contributed by atoms with Crippen LogP contribution in [0.4, 0.5) is 0 Å². The van der Waals surface area contributed by atoms with E-state index in [4.69, 9.17) is 5.73 Å². The quantitative estimate of drug-likeness (QED) is 0.827. The van der Waals surface area contributed by atoms with Crippen LogP contribution >= 0.6 is 0 Å². The van der Waals surface area contributed by atoms with Crippen LogP contribution in [-0.2, 0) is 10.0 Å². The maximum Gasteiger partial charge on any atom is 0.241 e.